The monoisotopic (exact) mass is 311 g/mol. The van der Waals surface area contributed by atoms with Crippen molar-refractivity contribution < 1.29 is 14.3 Å². The van der Waals surface area contributed by atoms with Crippen molar-refractivity contribution in [1.29, 1.82) is 0 Å². The minimum absolute atomic E-state index is 0.177. The number of carbonyl (C=O) groups excluding carboxylic acids is 1. The van der Waals surface area contributed by atoms with Crippen LogP contribution >= 0.6 is 0 Å². The number of methoxy groups -OCH3 is 2. The number of ether oxygens (including phenoxy) is 2. The maximum absolute atomic E-state index is 12.1. The van der Waals surface area contributed by atoms with Crippen LogP contribution in [0, 0.1) is 0 Å². The highest BCUT2D eigenvalue weighted by molar-refractivity contribution is 6.02. The van der Waals surface area contributed by atoms with Crippen molar-refractivity contribution >= 4 is 17.7 Å². The molecule has 0 aliphatic carbocycles. The van der Waals surface area contributed by atoms with Crippen LogP contribution in [-0.2, 0) is 11.2 Å². The number of aryl methyl sites for hydroxylation is 1. The van der Waals surface area contributed by atoms with E-state index in [2.05, 4.69) is 12.2 Å². The van der Waals surface area contributed by atoms with Crippen LogP contribution in [0.1, 0.15) is 18.1 Å². The smallest absolute Gasteiger partial charge is 0.248 e. The summed E-state index contributed by atoms with van der Waals surface area (Å²) in [6.45, 7) is 2.06. The minimum atomic E-state index is -0.177. The van der Waals surface area contributed by atoms with Gasteiger partial charge in [0, 0.05) is 23.4 Å². The zero-order chi connectivity index (χ0) is 16.7. The van der Waals surface area contributed by atoms with E-state index in [4.69, 9.17) is 9.47 Å². The minimum Gasteiger partial charge on any atom is -0.497 e. The summed E-state index contributed by atoms with van der Waals surface area (Å²) in [4.78, 5) is 12.1. The maximum atomic E-state index is 12.1. The first-order chi connectivity index (χ1) is 11.2. The molecule has 23 heavy (non-hydrogen) atoms. The topological polar surface area (TPSA) is 47.6 Å². The lowest BCUT2D eigenvalue weighted by Gasteiger charge is -2.08. The van der Waals surface area contributed by atoms with Gasteiger partial charge >= 0.3 is 0 Å². The molecule has 0 aliphatic rings. The van der Waals surface area contributed by atoms with Gasteiger partial charge in [0.2, 0.25) is 5.91 Å². The standard InChI is InChI=1S/C19H21NO3/c1-4-14-7-5-6-8-17(14)20-19(21)12-10-15-9-11-16(22-2)13-18(15)23-3/h5-13H,4H2,1-3H3,(H,20,21)/b12-10+. The van der Waals surface area contributed by atoms with Gasteiger partial charge in [0.05, 0.1) is 14.2 Å². The Bertz CT molecular complexity index is 708. The molecule has 2 rings (SSSR count). The predicted octanol–water partition coefficient (Wildman–Crippen LogP) is 3.92. The molecule has 120 valence electrons. The Kier molecular flexibility index (Phi) is 5.80. The van der Waals surface area contributed by atoms with Crippen LogP contribution in [0.25, 0.3) is 6.08 Å². The van der Waals surface area contributed by atoms with Crippen LogP contribution in [0.15, 0.2) is 48.5 Å². The van der Waals surface area contributed by atoms with Crippen molar-refractivity contribution in [3.8, 4) is 11.5 Å². The van der Waals surface area contributed by atoms with Gasteiger partial charge in [-0.05, 0) is 36.3 Å². The summed E-state index contributed by atoms with van der Waals surface area (Å²) in [5.74, 6) is 1.19. The van der Waals surface area contributed by atoms with Crippen molar-refractivity contribution in [3.05, 3.63) is 59.7 Å². The summed E-state index contributed by atoms with van der Waals surface area (Å²) in [5, 5.41) is 2.90. The second-order valence-corrected chi connectivity index (χ2v) is 4.94. The quantitative estimate of drug-likeness (QED) is 0.823. The van der Waals surface area contributed by atoms with Crippen molar-refractivity contribution in [3.63, 3.8) is 0 Å². The molecule has 1 N–H and O–H groups in total. The fourth-order valence-corrected chi connectivity index (χ4v) is 2.25. The summed E-state index contributed by atoms with van der Waals surface area (Å²) < 4.78 is 10.5. The molecule has 4 nitrogen and oxygen atoms in total. The Labute approximate surface area is 136 Å². The molecular weight excluding hydrogens is 290 g/mol. The van der Waals surface area contributed by atoms with Gasteiger partial charge in [0.25, 0.3) is 0 Å². The number of para-hydroxylation sites is 1. The normalized spacial score (nSPS) is 10.6. The predicted molar refractivity (Wildman–Crippen MR) is 93.0 cm³/mol. The van der Waals surface area contributed by atoms with Crippen molar-refractivity contribution in [2.45, 2.75) is 13.3 Å². The molecule has 2 aromatic carbocycles. The molecular formula is C19H21NO3. The number of rotatable bonds is 6. The Hall–Kier alpha value is -2.75. The number of nitrogens with one attached hydrogen (secondary N) is 1. The van der Waals surface area contributed by atoms with E-state index < -0.39 is 0 Å². The Morgan fingerprint density at radius 3 is 2.61 bits per heavy atom. The summed E-state index contributed by atoms with van der Waals surface area (Å²) in [5.41, 5.74) is 2.76. The molecule has 0 bridgehead atoms. The Balaban J connectivity index is 2.12. The van der Waals surface area contributed by atoms with Gasteiger partial charge in [-0.15, -0.1) is 0 Å². The first-order valence-electron chi connectivity index (χ1n) is 7.47. The van der Waals surface area contributed by atoms with Crippen LogP contribution in [0.3, 0.4) is 0 Å². The van der Waals surface area contributed by atoms with Gasteiger partial charge in [-0.3, -0.25) is 4.79 Å². The first kappa shape index (κ1) is 16.6. The summed E-state index contributed by atoms with van der Waals surface area (Å²) >= 11 is 0. The second-order valence-electron chi connectivity index (χ2n) is 4.94. The van der Waals surface area contributed by atoms with Gasteiger partial charge in [-0.25, -0.2) is 0 Å². The molecule has 0 saturated carbocycles. The maximum Gasteiger partial charge on any atom is 0.248 e. The summed E-state index contributed by atoms with van der Waals surface area (Å²) in [7, 11) is 3.19. The Morgan fingerprint density at radius 2 is 1.91 bits per heavy atom. The molecule has 0 saturated heterocycles. The molecule has 0 atom stereocenters. The molecule has 0 heterocycles. The molecule has 4 heteroatoms. The third-order valence-corrected chi connectivity index (χ3v) is 3.51. The molecule has 0 radical (unpaired) electrons. The van der Waals surface area contributed by atoms with E-state index in [9.17, 15) is 4.79 Å². The van der Waals surface area contributed by atoms with Gasteiger partial charge in [0.1, 0.15) is 11.5 Å². The van der Waals surface area contributed by atoms with Crippen LogP contribution < -0.4 is 14.8 Å². The van der Waals surface area contributed by atoms with E-state index in [0.717, 1.165) is 23.2 Å². The number of carbonyl (C=O) groups is 1. The van der Waals surface area contributed by atoms with Crippen molar-refractivity contribution in [2.24, 2.45) is 0 Å². The number of benzene rings is 2. The fraction of sp³-hybridized carbons (Fsp3) is 0.211. The zero-order valence-corrected chi connectivity index (χ0v) is 13.6. The highest BCUT2D eigenvalue weighted by atomic mass is 16.5. The second kappa shape index (κ2) is 8.03. The first-order valence-corrected chi connectivity index (χ1v) is 7.47. The van der Waals surface area contributed by atoms with Crippen LogP contribution in [0.4, 0.5) is 5.69 Å². The van der Waals surface area contributed by atoms with E-state index in [1.54, 1.807) is 26.4 Å². The number of anilines is 1. The largest absolute Gasteiger partial charge is 0.497 e. The van der Waals surface area contributed by atoms with Gasteiger partial charge < -0.3 is 14.8 Å². The number of hydrogen-bond donors (Lipinski definition) is 1. The average Bonchev–Trinajstić information content (AvgIpc) is 2.60. The fourth-order valence-electron chi connectivity index (χ4n) is 2.25. The molecule has 2 aromatic rings. The molecule has 0 aromatic heterocycles. The lowest BCUT2D eigenvalue weighted by molar-refractivity contribution is -0.111. The van der Waals surface area contributed by atoms with Crippen LogP contribution in [0.5, 0.6) is 11.5 Å². The van der Waals surface area contributed by atoms with E-state index in [0.29, 0.717) is 11.5 Å². The van der Waals surface area contributed by atoms with E-state index in [1.807, 2.05) is 36.4 Å². The molecule has 0 unspecified atom stereocenters. The molecule has 0 fully saturated rings. The Morgan fingerprint density at radius 1 is 1.13 bits per heavy atom. The van der Waals surface area contributed by atoms with E-state index in [1.165, 1.54) is 6.08 Å². The van der Waals surface area contributed by atoms with Crippen molar-refractivity contribution in [2.75, 3.05) is 19.5 Å². The van der Waals surface area contributed by atoms with Gasteiger partial charge in [-0.2, -0.15) is 0 Å². The lowest BCUT2D eigenvalue weighted by Crippen LogP contribution is -2.09. The summed E-state index contributed by atoms with van der Waals surface area (Å²) in [6, 6.07) is 13.2. The van der Waals surface area contributed by atoms with Gasteiger partial charge in [0.15, 0.2) is 0 Å². The molecule has 0 spiro atoms. The van der Waals surface area contributed by atoms with E-state index >= 15 is 0 Å². The van der Waals surface area contributed by atoms with Crippen LogP contribution in [0.2, 0.25) is 0 Å². The van der Waals surface area contributed by atoms with Gasteiger partial charge in [-0.1, -0.05) is 25.1 Å². The highest BCUT2D eigenvalue weighted by Gasteiger charge is 2.05. The third-order valence-electron chi connectivity index (χ3n) is 3.51. The van der Waals surface area contributed by atoms with E-state index in [-0.39, 0.29) is 5.91 Å². The number of amides is 1. The summed E-state index contributed by atoms with van der Waals surface area (Å²) in [6.07, 6.45) is 4.09. The zero-order valence-electron chi connectivity index (χ0n) is 13.6. The third kappa shape index (κ3) is 4.36. The average molecular weight is 311 g/mol. The number of hydrogen-bond acceptors (Lipinski definition) is 3. The molecule has 1 amide bonds. The van der Waals surface area contributed by atoms with Crippen molar-refractivity contribution in [1.82, 2.24) is 0 Å². The SMILES string of the molecule is CCc1ccccc1NC(=O)/C=C/c1ccc(OC)cc1OC. The molecule has 0 aliphatic heterocycles. The lowest BCUT2D eigenvalue weighted by atomic mass is 10.1. The highest BCUT2D eigenvalue weighted by Crippen LogP contribution is 2.25. The van der Waals surface area contributed by atoms with Crippen LogP contribution in [-0.4, -0.2) is 20.1 Å².